The highest BCUT2D eigenvalue weighted by Crippen LogP contribution is 2.28. The number of benzene rings is 2. The lowest BCUT2D eigenvalue weighted by atomic mass is 10.0. The van der Waals surface area contributed by atoms with Crippen molar-refractivity contribution in [1.29, 1.82) is 0 Å². The van der Waals surface area contributed by atoms with Crippen molar-refractivity contribution in [2.45, 2.75) is 32.8 Å². The molecule has 1 aromatic heterocycles. The lowest BCUT2D eigenvalue weighted by Crippen LogP contribution is -2.06. The minimum atomic E-state index is -0.471. The summed E-state index contributed by atoms with van der Waals surface area (Å²) in [6, 6.07) is 12.8. The van der Waals surface area contributed by atoms with Crippen LogP contribution >= 0.6 is 0 Å². The maximum Gasteiger partial charge on any atom is 0.336 e. The average molecular weight is 390 g/mol. The molecule has 0 aliphatic heterocycles. The molecule has 0 atom stereocenters. The highest BCUT2D eigenvalue weighted by Gasteiger charge is 2.15. The molecule has 0 saturated carbocycles. The Morgan fingerprint density at radius 3 is 2.62 bits per heavy atom. The van der Waals surface area contributed by atoms with Gasteiger partial charge in [0.05, 0.1) is 6.61 Å². The Labute approximate surface area is 168 Å². The number of rotatable bonds is 6. The van der Waals surface area contributed by atoms with E-state index in [-0.39, 0.29) is 6.61 Å². The highest BCUT2D eigenvalue weighted by molar-refractivity contribution is 5.87. The third-order valence-electron chi connectivity index (χ3n) is 5.02. The van der Waals surface area contributed by atoms with Gasteiger partial charge in [-0.2, -0.15) is 0 Å². The van der Waals surface area contributed by atoms with E-state index in [9.17, 15) is 9.59 Å². The molecule has 2 aromatic carbocycles. The molecule has 4 rings (SSSR count). The van der Waals surface area contributed by atoms with Gasteiger partial charge in [0, 0.05) is 23.1 Å². The summed E-state index contributed by atoms with van der Waals surface area (Å²) in [7, 11) is 0. The van der Waals surface area contributed by atoms with Gasteiger partial charge in [-0.25, -0.2) is 9.59 Å². The van der Waals surface area contributed by atoms with Crippen molar-refractivity contribution in [3.8, 4) is 5.75 Å². The molecule has 1 aliphatic rings. The fourth-order valence-corrected chi connectivity index (χ4v) is 3.62. The fourth-order valence-electron chi connectivity index (χ4n) is 3.62. The molecule has 0 saturated heterocycles. The summed E-state index contributed by atoms with van der Waals surface area (Å²) in [5.41, 5.74) is 4.14. The van der Waals surface area contributed by atoms with Crippen molar-refractivity contribution in [3.63, 3.8) is 0 Å². The Morgan fingerprint density at radius 2 is 1.86 bits per heavy atom. The fraction of sp³-hybridized carbons (Fsp3) is 0.250. The summed E-state index contributed by atoms with van der Waals surface area (Å²) in [5.74, 6) is 0.315. The first-order valence-corrected chi connectivity index (χ1v) is 9.78. The van der Waals surface area contributed by atoms with Crippen LogP contribution in [0, 0.1) is 0 Å². The predicted molar refractivity (Wildman–Crippen MR) is 111 cm³/mol. The zero-order chi connectivity index (χ0) is 20.2. The Bertz CT molecular complexity index is 1120. The van der Waals surface area contributed by atoms with Gasteiger partial charge in [0.1, 0.15) is 17.9 Å². The van der Waals surface area contributed by atoms with Crippen LogP contribution in [0.3, 0.4) is 0 Å². The molecule has 0 N–H and O–H groups in total. The van der Waals surface area contributed by atoms with E-state index in [2.05, 4.69) is 6.07 Å². The number of carbonyl (C=O) groups is 1. The molecular formula is C24H22O5. The van der Waals surface area contributed by atoms with E-state index in [4.69, 9.17) is 13.9 Å². The second-order valence-electron chi connectivity index (χ2n) is 7.00. The largest absolute Gasteiger partial charge is 0.494 e. The molecule has 3 aromatic rings. The van der Waals surface area contributed by atoms with E-state index < -0.39 is 11.6 Å². The lowest BCUT2D eigenvalue weighted by molar-refractivity contribution is -0.138. The number of carbonyl (C=O) groups excluding carboxylic acids is 1. The summed E-state index contributed by atoms with van der Waals surface area (Å²) < 4.78 is 16.1. The van der Waals surface area contributed by atoms with E-state index >= 15 is 0 Å². The first-order valence-electron chi connectivity index (χ1n) is 9.78. The zero-order valence-corrected chi connectivity index (χ0v) is 16.3. The number of hydrogen-bond acceptors (Lipinski definition) is 5. The third kappa shape index (κ3) is 4.40. The number of fused-ring (bicyclic) bond motifs is 2. The molecule has 0 spiro atoms. The molecule has 1 heterocycles. The molecule has 1 aliphatic carbocycles. The maximum absolute atomic E-state index is 12.1. The highest BCUT2D eigenvalue weighted by atomic mass is 16.5. The number of aryl methyl sites for hydroxylation is 2. The van der Waals surface area contributed by atoms with E-state index in [1.54, 1.807) is 6.08 Å². The van der Waals surface area contributed by atoms with Crippen LogP contribution in [0.2, 0.25) is 0 Å². The van der Waals surface area contributed by atoms with Crippen LogP contribution in [0.5, 0.6) is 5.75 Å². The van der Waals surface area contributed by atoms with Gasteiger partial charge >= 0.3 is 11.6 Å². The van der Waals surface area contributed by atoms with Gasteiger partial charge in [0.25, 0.3) is 0 Å². The van der Waals surface area contributed by atoms with Crippen LogP contribution in [-0.4, -0.2) is 12.6 Å². The minimum absolute atomic E-state index is 0.0212. The summed E-state index contributed by atoms with van der Waals surface area (Å²) >= 11 is 0. The normalized spacial score (nSPS) is 13.0. The molecule has 0 unspecified atom stereocenters. The molecule has 0 bridgehead atoms. The van der Waals surface area contributed by atoms with Crippen LogP contribution < -0.4 is 10.4 Å². The third-order valence-corrected chi connectivity index (χ3v) is 5.02. The molecule has 148 valence electrons. The van der Waals surface area contributed by atoms with Crippen molar-refractivity contribution in [3.05, 3.63) is 81.2 Å². The first kappa shape index (κ1) is 19.0. The smallest absolute Gasteiger partial charge is 0.336 e. The van der Waals surface area contributed by atoms with Crippen molar-refractivity contribution < 1.29 is 18.7 Å². The predicted octanol–water partition coefficient (Wildman–Crippen LogP) is 4.44. The van der Waals surface area contributed by atoms with Gasteiger partial charge < -0.3 is 13.9 Å². The van der Waals surface area contributed by atoms with Gasteiger partial charge in [0.15, 0.2) is 0 Å². The second-order valence-corrected chi connectivity index (χ2v) is 7.00. The Hall–Kier alpha value is -3.34. The Morgan fingerprint density at radius 1 is 1.10 bits per heavy atom. The molecule has 5 heteroatoms. The summed E-state index contributed by atoms with van der Waals surface area (Å²) in [5, 5.41) is 0.827. The van der Waals surface area contributed by atoms with Crippen molar-refractivity contribution >= 4 is 23.0 Å². The summed E-state index contributed by atoms with van der Waals surface area (Å²) in [4.78, 5) is 24.0. The maximum atomic E-state index is 12.1. The van der Waals surface area contributed by atoms with E-state index in [1.807, 2.05) is 37.3 Å². The molecule has 0 amide bonds. The lowest BCUT2D eigenvalue weighted by Gasteiger charge is -2.08. The number of ether oxygens (including phenoxy) is 2. The average Bonchev–Trinajstić information content (AvgIpc) is 3.17. The molecule has 29 heavy (non-hydrogen) atoms. The number of hydrogen-bond donors (Lipinski definition) is 0. The second kappa shape index (κ2) is 8.35. The quantitative estimate of drug-likeness (QED) is 0.354. The number of esters is 1. The van der Waals surface area contributed by atoms with Crippen LogP contribution in [0.15, 0.2) is 57.8 Å². The van der Waals surface area contributed by atoms with Crippen molar-refractivity contribution in [2.75, 3.05) is 6.61 Å². The standard InChI is InChI=1S/C24H22O5/c1-2-27-20-9-6-16(7-10-20)8-11-23(25)28-15-19-14-24(26)29-22-13-18-5-3-4-17(18)12-21(19)22/h6-14H,2-5,15H2,1H3/b11-8+. The SMILES string of the molecule is CCOc1ccc(/C=C/C(=O)OCc2cc(=O)oc3cc4c(cc23)CCC4)cc1. The summed E-state index contributed by atoms with van der Waals surface area (Å²) in [6.45, 7) is 2.56. The van der Waals surface area contributed by atoms with E-state index in [0.717, 1.165) is 36.0 Å². The van der Waals surface area contributed by atoms with Crippen LogP contribution in [0.25, 0.3) is 17.0 Å². The first-order chi connectivity index (χ1) is 14.1. The Kier molecular flexibility index (Phi) is 5.47. The molecular weight excluding hydrogens is 368 g/mol. The van der Waals surface area contributed by atoms with Gasteiger partial charge in [-0.05, 0) is 73.2 Å². The van der Waals surface area contributed by atoms with Crippen molar-refractivity contribution in [2.24, 2.45) is 0 Å². The zero-order valence-electron chi connectivity index (χ0n) is 16.3. The molecule has 0 fully saturated rings. The minimum Gasteiger partial charge on any atom is -0.494 e. The van der Waals surface area contributed by atoms with E-state index in [0.29, 0.717) is 17.8 Å². The molecule has 5 nitrogen and oxygen atoms in total. The van der Waals surface area contributed by atoms with Crippen LogP contribution in [-0.2, 0) is 29.0 Å². The van der Waals surface area contributed by atoms with Gasteiger partial charge in [0.2, 0.25) is 0 Å². The van der Waals surface area contributed by atoms with E-state index in [1.165, 1.54) is 23.3 Å². The van der Waals surface area contributed by atoms with Gasteiger partial charge in [-0.3, -0.25) is 0 Å². The monoisotopic (exact) mass is 390 g/mol. The Balaban J connectivity index is 1.46. The molecule has 0 radical (unpaired) electrons. The summed E-state index contributed by atoms with van der Waals surface area (Å²) in [6.07, 6.45) is 6.19. The van der Waals surface area contributed by atoms with Gasteiger partial charge in [-0.1, -0.05) is 12.1 Å². The van der Waals surface area contributed by atoms with Crippen LogP contribution in [0.4, 0.5) is 0 Å². The van der Waals surface area contributed by atoms with Crippen molar-refractivity contribution in [1.82, 2.24) is 0 Å². The topological polar surface area (TPSA) is 65.7 Å². The van der Waals surface area contributed by atoms with Gasteiger partial charge in [-0.15, -0.1) is 0 Å². The van der Waals surface area contributed by atoms with Crippen LogP contribution in [0.1, 0.15) is 35.6 Å².